The predicted molar refractivity (Wildman–Crippen MR) is 77.4 cm³/mol. The van der Waals surface area contributed by atoms with Crippen LogP contribution < -0.4 is 0 Å². The Balaban J connectivity index is 1.64. The zero-order valence-electron chi connectivity index (χ0n) is 11.3. The van der Waals surface area contributed by atoms with Crippen LogP contribution in [0.4, 0.5) is 0 Å². The molecule has 1 N–H and O–H groups in total. The molecule has 4 nitrogen and oxygen atoms in total. The van der Waals surface area contributed by atoms with Gasteiger partial charge in [-0.2, -0.15) is 0 Å². The minimum atomic E-state index is 0.203. The van der Waals surface area contributed by atoms with Crippen molar-refractivity contribution in [1.29, 1.82) is 0 Å². The van der Waals surface area contributed by atoms with Gasteiger partial charge >= 0.3 is 0 Å². The number of β-amino-alcohol motifs (C(OH)–C–C–N with tert-alkyl or cyclic N) is 1. The van der Waals surface area contributed by atoms with Crippen LogP contribution >= 0.6 is 11.3 Å². The highest BCUT2D eigenvalue weighted by Gasteiger charge is 2.20. The van der Waals surface area contributed by atoms with E-state index in [0.717, 1.165) is 45.6 Å². The molecule has 2 rings (SSSR count). The molecule has 1 saturated heterocycles. The molecule has 5 heteroatoms. The zero-order valence-corrected chi connectivity index (χ0v) is 12.1. The summed E-state index contributed by atoms with van der Waals surface area (Å²) < 4.78 is 0. The molecular formula is C14H22N2O2S. The van der Waals surface area contributed by atoms with E-state index in [1.165, 1.54) is 4.88 Å². The van der Waals surface area contributed by atoms with E-state index in [1.807, 2.05) is 4.90 Å². The zero-order chi connectivity index (χ0) is 13.5. The third-order valence-corrected chi connectivity index (χ3v) is 4.47. The lowest BCUT2D eigenvalue weighted by Crippen LogP contribution is -2.49. The van der Waals surface area contributed by atoms with Crippen LogP contribution in [0.3, 0.4) is 0 Å². The Bertz CT molecular complexity index is 373. The van der Waals surface area contributed by atoms with Crippen molar-refractivity contribution >= 4 is 17.2 Å². The number of aliphatic hydroxyl groups is 1. The van der Waals surface area contributed by atoms with Crippen molar-refractivity contribution in [2.75, 3.05) is 39.3 Å². The molecule has 0 radical (unpaired) electrons. The number of hydrogen-bond acceptors (Lipinski definition) is 4. The fourth-order valence-electron chi connectivity index (χ4n) is 2.39. The van der Waals surface area contributed by atoms with E-state index < -0.39 is 0 Å². The Morgan fingerprint density at radius 1 is 1.32 bits per heavy atom. The molecule has 1 aliphatic heterocycles. The fraction of sp³-hybridized carbons (Fsp3) is 0.643. The quantitative estimate of drug-likeness (QED) is 0.853. The van der Waals surface area contributed by atoms with Crippen molar-refractivity contribution in [2.24, 2.45) is 0 Å². The van der Waals surface area contributed by atoms with Crippen LogP contribution in [0.5, 0.6) is 0 Å². The first kappa shape index (κ1) is 14.5. The molecule has 106 valence electrons. The van der Waals surface area contributed by atoms with Gasteiger partial charge in [-0.3, -0.25) is 9.69 Å². The summed E-state index contributed by atoms with van der Waals surface area (Å²) in [5.74, 6) is 0.278. The second kappa shape index (κ2) is 7.62. The van der Waals surface area contributed by atoms with Crippen LogP contribution in [0.2, 0.25) is 0 Å². The van der Waals surface area contributed by atoms with Crippen molar-refractivity contribution in [2.45, 2.75) is 19.3 Å². The number of piperazine rings is 1. The summed E-state index contributed by atoms with van der Waals surface area (Å²) in [6.07, 6.45) is 2.60. The second-order valence-corrected chi connectivity index (χ2v) is 5.91. The van der Waals surface area contributed by atoms with Crippen molar-refractivity contribution in [3.63, 3.8) is 0 Å². The van der Waals surface area contributed by atoms with Crippen molar-refractivity contribution in [3.05, 3.63) is 22.4 Å². The first-order valence-electron chi connectivity index (χ1n) is 6.93. The Labute approximate surface area is 118 Å². The molecule has 0 spiro atoms. The molecule has 1 aromatic heterocycles. The molecule has 1 amide bonds. The lowest BCUT2D eigenvalue weighted by atomic mass is 10.2. The standard InChI is InChI=1S/C14H22N2O2S/c17-11-10-15-6-8-16(9-7-15)14(18)5-1-3-13-4-2-12-19-13/h2,4,12,17H,1,3,5-11H2. The first-order valence-corrected chi connectivity index (χ1v) is 7.81. The molecule has 0 atom stereocenters. The third kappa shape index (κ3) is 4.60. The van der Waals surface area contributed by atoms with Gasteiger partial charge in [0.1, 0.15) is 0 Å². The molecule has 0 bridgehead atoms. The number of aryl methyl sites for hydroxylation is 1. The average Bonchev–Trinajstić information content (AvgIpc) is 2.93. The Morgan fingerprint density at radius 2 is 2.11 bits per heavy atom. The topological polar surface area (TPSA) is 43.8 Å². The molecule has 1 fully saturated rings. The molecule has 2 heterocycles. The van der Waals surface area contributed by atoms with Gasteiger partial charge in [-0.05, 0) is 24.3 Å². The highest BCUT2D eigenvalue weighted by atomic mass is 32.1. The molecule has 19 heavy (non-hydrogen) atoms. The lowest BCUT2D eigenvalue weighted by Gasteiger charge is -2.34. The van der Waals surface area contributed by atoms with E-state index in [9.17, 15) is 4.79 Å². The number of nitrogens with zero attached hydrogens (tertiary/aromatic N) is 2. The maximum Gasteiger partial charge on any atom is 0.222 e. The summed E-state index contributed by atoms with van der Waals surface area (Å²) in [5.41, 5.74) is 0. The number of aliphatic hydroxyl groups excluding tert-OH is 1. The van der Waals surface area contributed by atoms with E-state index >= 15 is 0 Å². The number of amides is 1. The molecule has 0 aromatic carbocycles. The molecule has 1 aliphatic rings. The molecule has 1 aromatic rings. The smallest absolute Gasteiger partial charge is 0.222 e. The molecular weight excluding hydrogens is 260 g/mol. The van der Waals surface area contributed by atoms with E-state index in [1.54, 1.807) is 11.3 Å². The van der Waals surface area contributed by atoms with E-state index in [-0.39, 0.29) is 12.5 Å². The van der Waals surface area contributed by atoms with E-state index in [0.29, 0.717) is 6.42 Å². The van der Waals surface area contributed by atoms with Crippen LogP contribution in [0.25, 0.3) is 0 Å². The van der Waals surface area contributed by atoms with Gasteiger partial charge < -0.3 is 10.0 Å². The van der Waals surface area contributed by atoms with Crippen LogP contribution in [-0.4, -0.2) is 60.1 Å². The van der Waals surface area contributed by atoms with E-state index in [2.05, 4.69) is 22.4 Å². The van der Waals surface area contributed by atoms with Gasteiger partial charge in [0.2, 0.25) is 5.91 Å². The maximum absolute atomic E-state index is 12.1. The SMILES string of the molecule is O=C(CCCc1cccs1)N1CCN(CCO)CC1. The number of rotatable bonds is 6. The average molecular weight is 282 g/mol. The number of hydrogen-bond donors (Lipinski definition) is 1. The Morgan fingerprint density at radius 3 is 2.74 bits per heavy atom. The van der Waals surface area contributed by atoms with Crippen LogP contribution in [0.1, 0.15) is 17.7 Å². The minimum Gasteiger partial charge on any atom is -0.395 e. The minimum absolute atomic E-state index is 0.203. The fourth-order valence-corrected chi connectivity index (χ4v) is 3.14. The molecule has 0 saturated carbocycles. The Hall–Kier alpha value is -0.910. The van der Waals surface area contributed by atoms with Crippen molar-refractivity contribution in [1.82, 2.24) is 9.80 Å². The monoisotopic (exact) mass is 282 g/mol. The van der Waals surface area contributed by atoms with Gasteiger partial charge in [-0.1, -0.05) is 6.07 Å². The summed E-state index contributed by atoms with van der Waals surface area (Å²) in [6, 6.07) is 4.19. The lowest BCUT2D eigenvalue weighted by molar-refractivity contribution is -0.133. The predicted octanol–water partition coefficient (Wildman–Crippen LogP) is 1.21. The normalized spacial score (nSPS) is 16.8. The summed E-state index contributed by atoms with van der Waals surface area (Å²) in [7, 11) is 0. The largest absolute Gasteiger partial charge is 0.395 e. The molecule has 0 aliphatic carbocycles. The number of carbonyl (C=O) groups excluding carboxylic acids is 1. The van der Waals surface area contributed by atoms with Gasteiger partial charge in [0.25, 0.3) is 0 Å². The van der Waals surface area contributed by atoms with Gasteiger partial charge in [0.15, 0.2) is 0 Å². The summed E-state index contributed by atoms with van der Waals surface area (Å²) in [6.45, 7) is 4.30. The highest BCUT2D eigenvalue weighted by molar-refractivity contribution is 7.09. The summed E-state index contributed by atoms with van der Waals surface area (Å²) >= 11 is 1.76. The van der Waals surface area contributed by atoms with Crippen LogP contribution in [-0.2, 0) is 11.2 Å². The second-order valence-electron chi connectivity index (χ2n) is 4.88. The molecule has 0 unspecified atom stereocenters. The van der Waals surface area contributed by atoms with Gasteiger partial charge in [0, 0.05) is 44.0 Å². The maximum atomic E-state index is 12.1. The van der Waals surface area contributed by atoms with Gasteiger partial charge in [-0.25, -0.2) is 0 Å². The van der Waals surface area contributed by atoms with Crippen LogP contribution in [0.15, 0.2) is 17.5 Å². The van der Waals surface area contributed by atoms with E-state index in [4.69, 9.17) is 5.11 Å². The van der Waals surface area contributed by atoms with Gasteiger partial charge in [-0.15, -0.1) is 11.3 Å². The van der Waals surface area contributed by atoms with Crippen molar-refractivity contribution < 1.29 is 9.90 Å². The number of carbonyl (C=O) groups is 1. The third-order valence-electron chi connectivity index (χ3n) is 3.54. The summed E-state index contributed by atoms with van der Waals surface area (Å²) in [4.78, 5) is 17.6. The van der Waals surface area contributed by atoms with Crippen molar-refractivity contribution in [3.8, 4) is 0 Å². The summed E-state index contributed by atoms with van der Waals surface area (Å²) in [5, 5.41) is 11.0. The van der Waals surface area contributed by atoms with Crippen LogP contribution in [0, 0.1) is 0 Å². The highest BCUT2D eigenvalue weighted by Crippen LogP contribution is 2.13. The first-order chi connectivity index (χ1) is 9.29. The Kier molecular flexibility index (Phi) is 5.82. The van der Waals surface area contributed by atoms with Gasteiger partial charge in [0.05, 0.1) is 6.61 Å². The number of thiophene rings is 1.